The second-order valence-corrected chi connectivity index (χ2v) is 6.19. The van der Waals surface area contributed by atoms with Crippen molar-refractivity contribution in [1.82, 2.24) is 0 Å². The van der Waals surface area contributed by atoms with E-state index in [2.05, 4.69) is 18.7 Å². The van der Waals surface area contributed by atoms with Crippen LogP contribution in [0.15, 0.2) is 18.2 Å². The molecule has 1 atom stereocenters. The first-order chi connectivity index (χ1) is 9.51. The maximum absolute atomic E-state index is 14.3. The third kappa shape index (κ3) is 2.98. The fourth-order valence-corrected chi connectivity index (χ4v) is 3.24. The minimum absolute atomic E-state index is 0.118. The van der Waals surface area contributed by atoms with Crippen LogP contribution in [0, 0.1) is 11.2 Å². The largest absolute Gasteiger partial charge is 0.369 e. The SMILES string of the molecule is CCC1(CC)CCN(c2ccc([C@@H](C)N)cc2F)CC1. The Hall–Kier alpha value is -1.09. The molecule has 0 radical (unpaired) electrons. The highest BCUT2D eigenvalue weighted by Crippen LogP contribution is 2.39. The molecule has 0 spiro atoms. The Bertz CT molecular complexity index is 442. The molecule has 1 aromatic rings. The molecule has 0 unspecified atom stereocenters. The van der Waals surface area contributed by atoms with Crippen LogP contribution in [0.4, 0.5) is 10.1 Å². The molecule has 0 aliphatic carbocycles. The molecule has 0 saturated carbocycles. The van der Waals surface area contributed by atoms with E-state index in [9.17, 15) is 4.39 Å². The van der Waals surface area contributed by atoms with Crippen LogP contribution < -0.4 is 10.6 Å². The van der Waals surface area contributed by atoms with Gasteiger partial charge in [-0.2, -0.15) is 0 Å². The number of nitrogens with zero attached hydrogens (tertiary/aromatic N) is 1. The van der Waals surface area contributed by atoms with Gasteiger partial charge in [-0.15, -0.1) is 0 Å². The second kappa shape index (κ2) is 6.13. The van der Waals surface area contributed by atoms with Gasteiger partial charge in [0.2, 0.25) is 0 Å². The standard InChI is InChI=1S/C17H27FN2/c1-4-17(5-2)8-10-20(11-9-17)16-7-6-14(13(3)19)12-15(16)18/h6-7,12-13H,4-5,8-11,19H2,1-3H3/t13-/m1/s1. The zero-order valence-electron chi connectivity index (χ0n) is 13.0. The van der Waals surface area contributed by atoms with Crippen LogP contribution in [0.2, 0.25) is 0 Å². The third-order valence-electron chi connectivity index (χ3n) is 5.16. The van der Waals surface area contributed by atoms with Crippen molar-refractivity contribution in [2.75, 3.05) is 18.0 Å². The Morgan fingerprint density at radius 3 is 2.30 bits per heavy atom. The van der Waals surface area contributed by atoms with Crippen LogP contribution in [0.3, 0.4) is 0 Å². The van der Waals surface area contributed by atoms with Crippen LogP contribution in [0.1, 0.15) is 58.1 Å². The van der Waals surface area contributed by atoms with Gasteiger partial charge in [0.15, 0.2) is 0 Å². The highest BCUT2D eigenvalue weighted by Gasteiger charge is 2.31. The van der Waals surface area contributed by atoms with E-state index >= 15 is 0 Å². The molecule has 0 amide bonds. The van der Waals surface area contributed by atoms with E-state index in [4.69, 9.17) is 5.73 Å². The van der Waals surface area contributed by atoms with Crippen molar-refractivity contribution in [2.24, 2.45) is 11.1 Å². The quantitative estimate of drug-likeness (QED) is 0.892. The molecule has 1 aromatic carbocycles. The smallest absolute Gasteiger partial charge is 0.146 e. The molecule has 112 valence electrons. The number of piperidine rings is 1. The molecule has 2 N–H and O–H groups in total. The van der Waals surface area contributed by atoms with Crippen LogP contribution in [0.5, 0.6) is 0 Å². The average Bonchev–Trinajstić information content (AvgIpc) is 2.47. The van der Waals surface area contributed by atoms with Crippen LogP contribution in [-0.2, 0) is 0 Å². The summed E-state index contributed by atoms with van der Waals surface area (Å²) in [5.74, 6) is -0.139. The van der Waals surface area contributed by atoms with Crippen LogP contribution >= 0.6 is 0 Å². The molecule has 3 heteroatoms. The zero-order valence-corrected chi connectivity index (χ0v) is 13.0. The van der Waals surface area contributed by atoms with Gasteiger partial charge in [-0.05, 0) is 42.9 Å². The van der Waals surface area contributed by atoms with Crippen LogP contribution in [-0.4, -0.2) is 13.1 Å². The molecule has 20 heavy (non-hydrogen) atoms. The van der Waals surface area contributed by atoms with Crippen molar-refractivity contribution in [3.05, 3.63) is 29.6 Å². The predicted octanol–water partition coefficient (Wildman–Crippen LogP) is 4.25. The van der Waals surface area contributed by atoms with Gasteiger partial charge in [0.25, 0.3) is 0 Å². The number of anilines is 1. The third-order valence-corrected chi connectivity index (χ3v) is 5.16. The van der Waals surface area contributed by atoms with E-state index in [1.807, 2.05) is 19.1 Å². The number of halogens is 1. The lowest BCUT2D eigenvalue weighted by Gasteiger charge is -2.42. The molecule has 1 fully saturated rings. The Kier molecular flexibility index (Phi) is 4.69. The summed E-state index contributed by atoms with van der Waals surface area (Å²) in [5, 5.41) is 0. The summed E-state index contributed by atoms with van der Waals surface area (Å²) in [4.78, 5) is 2.18. The zero-order chi connectivity index (χ0) is 14.8. The average molecular weight is 278 g/mol. The first-order valence-corrected chi connectivity index (χ1v) is 7.81. The molecule has 1 heterocycles. The fraction of sp³-hybridized carbons (Fsp3) is 0.647. The van der Waals surface area contributed by atoms with Crippen molar-refractivity contribution in [1.29, 1.82) is 0 Å². The van der Waals surface area contributed by atoms with E-state index in [-0.39, 0.29) is 11.9 Å². The van der Waals surface area contributed by atoms with Gasteiger partial charge >= 0.3 is 0 Å². The molecular formula is C17H27FN2. The van der Waals surface area contributed by atoms with E-state index in [0.717, 1.165) is 37.2 Å². The van der Waals surface area contributed by atoms with Crippen molar-refractivity contribution in [3.8, 4) is 0 Å². The Morgan fingerprint density at radius 2 is 1.85 bits per heavy atom. The molecule has 1 aliphatic heterocycles. The molecule has 1 aliphatic rings. The summed E-state index contributed by atoms with van der Waals surface area (Å²) < 4.78 is 14.3. The number of hydrogen-bond donors (Lipinski definition) is 1. The Morgan fingerprint density at radius 1 is 1.25 bits per heavy atom. The van der Waals surface area contributed by atoms with Crippen molar-refractivity contribution in [3.63, 3.8) is 0 Å². The van der Waals surface area contributed by atoms with Crippen molar-refractivity contribution in [2.45, 2.75) is 52.5 Å². The van der Waals surface area contributed by atoms with Gasteiger partial charge in [-0.3, -0.25) is 0 Å². The van der Waals surface area contributed by atoms with Gasteiger partial charge < -0.3 is 10.6 Å². The lowest BCUT2D eigenvalue weighted by Crippen LogP contribution is -2.40. The molecule has 1 saturated heterocycles. The predicted molar refractivity (Wildman–Crippen MR) is 83.5 cm³/mol. The first-order valence-electron chi connectivity index (χ1n) is 7.81. The first kappa shape index (κ1) is 15.3. The lowest BCUT2D eigenvalue weighted by molar-refractivity contribution is 0.199. The topological polar surface area (TPSA) is 29.3 Å². The molecule has 0 bridgehead atoms. The minimum atomic E-state index is -0.139. The van der Waals surface area contributed by atoms with Gasteiger partial charge in [0, 0.05) is 19.1 Å². The van der Waals surface area contributed by atoms with Gasteiger partial charge in [-0.1, -0.05) is 32.8 Å². The monoisotopic (exact) mass is 278 g/mol. The van der Waals surface area contributed by atoms with Gasteiger partial charge in [0.1, 0.15) is 5.82 Å². The minimum Gasteiger partial charge on any atom is -0.369 e. The molecular weight excluding hydrogens is 251 g/mol. The van der Waals surface area contributed by atoms with E-state index in [0.29, 0.717) is 5.41 Å². The lowest BCUT2D eigenvalue weighted by atomic mass is 9.74. The van der Waals surface area contributed by atoms with Crippen molar-refractivity contribution >= 4 is 5.69 Å². The highest BCUT2D eigenvalue weighted by atomic mass is 19.1. The highest BCUT2D eigenvalue weighted by molar-refractivity contribution is 5.50. The van der Waals surface area contributed by atoms with Gasteiger partial charge in [0.05, 0.1) is 5.69 Å². The summed E-state index contributed by atoms with van der Waals surface area (Å²) in [6, 6.07) is 5.30. The number of rotatable bonds is 4. The van der Waals surface area contributed by atoms with E-state index in [1.54, 1.807) is 6.07 Å². The molecule has 2 nitrogen and oxygen atoms in total. The summed E-state index contributed by atoms with van der Waals surface area (Å²) in [6.45, 7) is 8.34. The Balaban J connectivity index is 2.11. The summed E-state index contributed by atoms with van der Waals surface area (Å²) in [7, 11) is 0. The number of hydrogen-bond acceptors (Lipinski definition) is 2. The Labute approximate surface area is 122 Å². The molecule has 2 rings (SSSR count). The normalized spacial score (nSPS) is 19.9. The van der Waals surface area contributed by atoms with Gasteiger partial charge in [-0.25, -0.2) is 4.39 Å². The summed E-state index contributed by atoms with van der Waals surface area (Å²) >= 11 is 0. The second-order valence-electron chi connectivity index (χ2n) is 6.19. The van der Waals surface area contributed by atoms with E-state index < -0.39 is 0 Å². The summed E-state index contributed by atoms with van der Waals surface area (Å²) in [6.07, 6.45) is 4.77. The molecule has 0 aromatic heterocycles. The van der Waals surface area contributed by atoms with Crippen molar-refractivity contribution < 1.29 is 4.39 Å². The fourth-order valence-electron chi connectivity index (χ4n) is 3.24. The maximum atomic E-state index is 14.3. The maximum Gasteiger partial charge on any atom is 0.146 e. The summed E-state index contributed by atoms with van der Waals surface area (Å²) in [5.41, 5.74) is 7.87. The van der Waals surface area contributed by atoms with E-state index in [1.165, 1.54) is 12.8 Å². The van der Waals surface area contributed by atoms with Crippen LogP contribution in [0.25, 0.3) is 0 Å². The number of benzene rings is 1. The number of nitrogens with two attached hydrogens (primary N) is 1.